The number of rotatable bonds is 4. The van der Waals surface area contributed by atoms with Crippen LogP contribution in [0.1, 0.15) is 18.4 Å². The lowest BCUT2D eigenvalue weighted by Gasteiger charge is -2.37. The number of methoxy groups -OCH3 is 2. The minimum atomic E-state index is 0.680. The Morgan fingerprint density at radius 1 is 1.25 bits per heavy atom. The molecule has 2 heterocycles. The van der Waals surface area contributed by atoms with E-state index in [2.05, 4.69) is 16.3 Å². The molecule has 1 aromatic carbocycles. The molecule has 20 heavy (non-hydrogen) atoms. The lowest BCUT2D eigenvalue weighted by Crippen LogP contribution is -2.44. The largest absolute Gasteiger partial charge is 0.493 e. The number of nitrogens with zero attached hydrogens (tertiary/aromatic N) is 1. The molecule has 2 atom stereocenters. The lowest BCUT2D eigenvalue weighted by molar-refractivity contribution is 0.116. The van der Waals surface area contributed by atoms with Crippen LogP contribution in [-0.4, -0.2) is 44.8 Å². The van der Waals surface area contributed by atoms with E-state index in [0.29, 0.717) is 6.04 Å². The molecule has 0 saturated carbocycles. The highest BCUT2D eigenvalue weighted by atomic mass is 16.5. The third-order valence-electron chi connectivity index (χ3n) is 4.65. The first-order chi connectivity index (χ1) is 9.83. The van der Waals surface area contributed by atoms with Crippen LogP contribution in [0, 0.1) is 5.92 Å². The standard InChI is InChI=1S/C16H24N2O2/c1-19-15-7-3-5-13(16(15)20-2)11-18-8-4-6-12-9-17-10-14(12)18/h3,5,7,12,14,17H,4,6,8-11H2,1-2H3. The van der Waals surface area contributed by atoms with Crippen molar-refractivity contribution in [3.05, 3.63) is 23.8 Å². The maximum Gasteiger partial charge on any atom is 0.165 e. The van der Waals surface area contributed by atoms with Gasteiger partial charge in [-0.15, -0.1) is 0 Å². The van der Waals surface area contributed by atoms with Gasteiger partial charge in [0.25, 0.3) is 0 Å². The van der Waals surface area contributed by atoms with E-state index >= 15 is 0 Å². The SMILES string of the molecule is COc1cccc(CN2CCCC3CNCC32)c1OC. The number of likely N-dealkylation sites (tertiary alicyclic amines) is 1. The van der Waals surface area contributed by atoms with Gasteiger partial charge in [0.15, 0.2) is 11.5 Å². The minimum Gasteiger partial charge on any atom is -0.493 e. The van der Waals surface area contributed by atoms with E-state index in [1.807, 2.05) is 12.1 Å². The summed E-state index contributed by atoms with van der Waals surface area (Å²) in [6.45, 7) is 4.43. The van der Waals surface area contributed by atoms with Crippen molar-refractivity contribution in [3.8, 4) is 11.5 Å². The molecule has 1 N–H and O–H groups in total. The first kappa shape index (κ1) is 13.7. The molecule has 2 aliphatic heterocycles. The average Bonchev–Trinajstić information content (AvgIpc) is 2.96. The highest BCUT2D eigenvalue weighted by Crippen LogP contribution is 2.34. The van der Waals surface area contributed by atoms with E-state index in [9.17, 15) is 0 Å². The number of hydrogen-bond donors (Lipinski definition) is 1. The molecule has 110 valence electrons. The topological polar surface area (TPSA) is 33.7 Å². The summed E-state index contributed by atoms with van der Waals surface area (Å²) < 4.78 is 10.9. The quantitative estimate of drug-likeness (QED) is 0.910. The molecule has 3 rings (SSSR count). The van der Waals surface area contributed by atoms with Gasteiger partial charge in [-0.25, -0.2) is 0 Å². The molecular formula is C16H24N2O2. The molecule has 2 fully saturated rings. The Hall–Kier alpha value is -1.26. The van der Waals surface area contributed by atoms with Crippen LogP contribution in [0.15, 0.2) is 18.2 Å². The first-order valence-electron chi connectivity index (χ1n) is 7.48. The van der Waals surface area contributed by atoms with E-state index in [0.717, 1.165) is 30.5 Å². The Balaban J connectivity index is 1.80. The molecule has 1 aromatic rings. The van der Waals surface area contributed by atoms with Gasteiger partial charge in [0.1, 0.15) is 0 Å². The van der Waals surface area contributed by atoms with Crippen LogP contribution in [0.5, 0.6) is 11.5 Å². The Bertz CT molecular complexity index is 464. The molecular weight excluding hydrogens is 252 g/mol. The number of fused-ring (bicyclic) bond motifs is 1. The van der Waals surface area contributed by atoms with Gasteiger partial charge in [-0.05, 0) is 37.9 Å². The smallest absolute Gasteiger partial charge is 0.165 e. The predicted octanol–water partition coefficient (Wildman–Crippen LogP) is 1.89. The second-order valence-electron chi connectivity index (χ2n) is 5.75. The molecule has 0 spiro atoms. The Morgan fingerprint density at radius 2 is 2.15 bits per heavy atom. The van der Waals surface area contributed by atoms with Crippen LogP contribution in [0.25, 0.3) is 0 Å². The zero-order chi connectivity index (χ0) is 13.9. The summed E-state index contributed by atoms with van der Waals surface area (Å²) in [6, 6.07) is 6.83. The van der Waals surface area contributed by atoms with Gasteiger partial charge in [-0.2, -0.15) is 0 Å². The van der Waals surface area contributed by atoms with E-state index in [4.69, 9.17) is 9.47 Å². The Labute approximate surface area is 121 Å². The van der Waals surface area contributed by atoms with Crippen LogP contribution in [-0.2, 0) is 6.54 Å². The van der Waals surface area contributed by atoms with Crippen molar-refractivity contribution in [2.45, 2.75) is 25.4 Å². The summed E-state index contributed by atoms with van der Waals surface area (Å²) in [4.78, 5) is 2.60. The highest BCUT2D eigenvalue weighted by molar-refractivity contribution is 5.46. The van der Waals surface area contributed by atoms with E-state index < -0.39 is 0 Å². The van der Waals surface area contributed by atoms with E-state index in [1.54, 1.807) is 14.2 Å². The van der Waals surface area contributed by atoms with Gasteiger partial charge in [-0.1, -0.05) is 12.1 Å². The Morgan fingerprint density at radius 3 is 2.95 bits per heavy atom. The number of benzene rings is 1. The molecule has 0 aliphatic carbocycles. The second-order valence-corrected chi connectivity index (χ2v) is 5.75. The maximum atomic E-state index is 5.55. The van der Waals surface area contributed by atoms with Gasteiger partial charge >= 0.3 is 0 Å². The molecule has 2 aliphatic rings. The summed E-state index contributed by atoms with van der Waals surface area (Å²) in [7, 11) is 3.41. The fraction of sp³-hybridized carbons (Fsp3) is 0.625. The van der Waals surface area contributed by atoms with Gasteiger partial charge in [0.05, 0.1) is 14.2 Å². The third-order valence-corrected chi connectivity index (χ3v) is 4.65. The normalized spacial score (nSPS) is 26.3. The third kappa shape index (κ3) is 2.50. The van der Waals surface area contributed by atoms with Crippen LogP contribution in [0.3, 0.4) is 0 Å². The summed E-state index contributed by atoms with van der Waals surface area (Å²) in [5.74, 6) is 2.52. The van der Waals surface area contributed by atoms with Gasteiger partial charge in [-0.3, -0.25) is 4.90 Å². The molecule has 2 unspecified atom stereocenters. The van der Waals surface area contributed by atoms with Gasteiger partial charge < -0.3 is 14.8 Å². The maximum absolute atomic E-state index is 5.55. The van der Waals surface area contributed by atoms with Crippen molar-refractivity contribution < 1.29 is 9.47 Å². The molecule has 4 heteroatoms. The summed E-state index contributed by atoms with van der Waals surface area (Å²) in [5, 5.41) is 3.53. The number of nitrogens with one attached hydrogen (secondary N) is 1. The predicted molar refractivity (Wildman–Crippen MR) is 79.3 cm³/mol. The monoisotopic (exact) mass is 276 g/mol. The van der Waals surface area contributed by atoms with E-state index in [-0.39, 0.29) is 0 Å². The van der Waals surface area contributed by atoms with Crippen molar-refractivity contribution in [3.63, 3.8) is 0 Å². The minimum absolute atomic E-state index is 0.680. The van der Waals surface area contributed by atoms with Crippen molar-refractivity contribution in [2.75, 3.05) is 33.9 Å². The Kier molecular flexibility index (Phi) is 4.13. The average molecular weight is 276 g/mol. The summed E-state index contributed by atoms with van der Waals surface area (Å²) >= 11 is 0. The summed E-state index contributed by atoms with van der Waals surface area (Å²) in [6.07, 6.45) is 2.67. The fourth-order valence-electron chi connectivity index (χ4n) is 3.66. The second kappa shape index (κ2) is 6.02. The van der Waals surface area contributed by atoms with Crippen LogP contribution in [0.2, 0.25) is 0 Å². The summed E-state index contributed by atoms with van der Waals surface area (Å²) in [5.41, 5.74) is 1.22. The van der Waals surface area contributed by atoms with Crippen molar-refractivity contribution in [1.82, 2.24) is 10.2 Å². The molecule has 0 amide bonds. The fourth-order valence-corrected chi connectivity index (χ4v) is 3.66. The van der Waals surface area contributed by atoms with Crippen molar-refractivity contribution >= 4 is 0 Å². The molecule has 2 saturated heterocycles. The lowest BCUT2D eigenvalue weighted by atomic mass is 9.91. The first-order valence-corrected chi connectivity index (χ1v) is 7.48. The van der Waals surface area contributed by atoms with Crippen LogP contribution < -0.4 is 14.8 Å². The highest BCUT2D eigenvalue weighted by Gasteiger charge is 2.35. The number of piperidine rings is 1. The van der Waals surface area contributed by atoms with Crippen LogP contribution in [0.4, 0.5) is 0 Å². The number of hydrogen-bond acceptors (Lipinski definition) is 4. The zero-order valence-corrected chi connectivity index (χ0v) is 12.4. The number of ether oxygens (including phenoxy) is 2. The molecule has 0 radical (unpaired) electrons. The van der Waals surface area contributed by atoms with Gasteiger partial charge in [0.2, 0.25) is 0 Å². The van der Waals surface area contributed by atoms with Crippen molar-refractivity contribution in [2.24, 2.45) is 5.92 Å². The van der Waals surface area contributed by atoms with Gasteiger partial charge in [0, 0.05) is 24.7 Å². The number of para-hydroxylation sites is 1. The zero-order valence-electron chi connectivity index (χ0n) is 12.4. The van der Waals surface area contributed by atoms with E-state index in [1.165, 1.54) is 31.5 Å². The van der Waals surface area contributed by atoms with Crippen LogP contribution >= 0.6 is 0 Å². The van der Waals surface area contributed by atoms with Crippen molar-refractivity contribution in [1.29, 1.82) is 0 Å². The molecule has 0 bridgehead atoms. The molecule has 4 nitrogen and oxygen atoms in total. The molecule has 0 aromatic heterocycles.